The van der Waals surface area contributed by atoms with Crippen LogP contribution in [0.5, 0.6) is 0 Å². The van der Waals surface area contributed by atoms with Gasteiger partial charge in [-0.2, -0.15) is 10.2 Å². The van der Waals surface area contributed by atoms with E-state index in [2.05, 4.69) is 25.1 Å². The van der Waals surface area contributed by atoms with Crippen molar-refractivity contribution in [2.75, 3.05) is 13.1 Å². The van der Waals surface area contributed by atoms with Gasteiger partial charge in [0.05, 0.1) is 18.1 Å². The van der Waals surface area contributed by atoms with Gasteiger partial charge in [-0.25, -0.2) is 9.97 Å². The zero-order valence-corrected chi connectivity index (χ0v) is 20.3. The van der Waals surface area contributed by atoms with Crippen LogP contribution in [0, 0.1) is 6.92 Å². The van der Waals surface area contributed by atoms with Gasteiger partial charge in [0.1, 0.15) is 11.5 Å². The molecule has 1 aliphatic heterocycles. The van der Waals surface area contributed by atoms with Crippen LogP contribution in [0.15, 0.2) is 29.6 Å². The van der Waals surface area contributed by atoms with Crippen molar-refractivity contribution < 1.29 is 4.79 Å². The lowest BCUT2D eigenvalue weighted by Gasteiger charge is -2.17. The molecule has 0 aromatic carbocycles. The molecule has 0 bridgehead atoms. The number of carbonyl (C=O) groups is 1. The van der Waals surface area contributed by atoms with Crippen molar-refractivity contribution in [2.45, 2.75) is 53.1 Å². The van der Waals surface area contributed by atoms with Crippen LogP contribution in [0.4, 0.5) is 0 Å². The van der Waals surface area contributed by atoms with E-state index in [1.807, 2.05) is 48.9 Å². The van der Waals surface area contributed by atoms with E-state index in [0.29, 0.717) is 22.7 Å². The fraction of sp³-hybridized carbons (Fsp3) is 0.478. The standard InChI is InChI=1S/C12H14N6O.C11H17N3O/c1-4-18-7(2)8(5-15-18)10-16-9-11(17(10)3)13-6-14-12(9)19;1-9(2)14-10(5-6-12-14)11(15)13-7-3-4-8-13/h5-6H,4H2,1-3H3,(H,13,14,19);5-6,9H,3-4,7-8H2,1-2H3. The van der Waals surface area contributed by atoms with E-state index in [0.717, 1.165) is 43.7 Å². The highest BCUT2D eigenvalue weighted by Gasteiger charge is 2.23. The topological polar surface area (TPSA) is 120 Å². The minimum Gasteiger partial charge on any atom is -0.337 e. The van der Waals surface area contributed by atoms with Gasteiger partial charge >= 0.3 is 0 Å². The monoisotopic (exact) mass is 465 g/mol. The number of aryl methyl sites for hydroxylation is 2. The number of hydrogen-bond acceptors (Lipinski definition) is 6. The first-order valence-electron chi connectivity index (χ1n) is 11.6. The van der Waals surface area contributed by atoms with Crippen molar-refractivity contribution in [3.05, 3.63) is 46.5 Å². The second-order valence-corrected chi connectivity index (χ2v) is 8.61. The van der Waals surface area contributed by atoms with Gasteiger partial charge < -0.3 is 14.5 Å². The largest absolute Gasteiger partial charge is 0.337 e. The van der Waals surface area contributed by atoms with Crippen molar-refractivity contribution in [3.8, 4) is 11.4 Å². The molecule has 0 atom stereocenters. The number of amides is 1. The number of aromatic amines is 1. The molecular weight excluding hydrogens is 434 g/mol. The van der Waals surface area contributed by atoms with Gasteiger partial charge in [-0.1, -0.05) is 0 Å². The molecule has 1 N–H and O–H groups in total. The molecule has 4 aromatic heterocycles. The second-order valence-electron chi connectivity index (χ2n) is 8.61. The molecule has 0 saturated carbocycles. The minimum atomic E-state index is -0.229. The number of likely N-dealkylation sites (tertiary alicyclic amines) is 1. The molecule has 34 heavy (non-hydrogen) atoms. The predicted octanol–water partition coefficient (Wildman–Crippen LogP) is 2.55. The summed E-state index contributed by atoms with van der Waals surface area (Å²) in [5.41, 5.74) is 3.35. The van der Waals surface area contributed by atoms with Gasteiger partial charge in [-0.3, -0.25) is 19.0 Å². The van der Waals surface area contributed by atoms with Crippen LogP contribution >= 0.6 is 0 Å². The lowest BCUT2D eigenvalue weighted by molar-refractivity contribution is 0.0778. The molecule has 1 saturated heterocycles. The van der Waals surface area contributed by atoms with Crippen molar-refractivity contribution in [1.82, 2.24) is 44.0 Å². The summed E-state index contributed by atoms with van der Waals surface area (Å²) < 4.78 is 5.50. The molecule has 0 radical (unpaired) electrons. The Bertz CT molecular complexity index is 1350. The van der Waals surface area contributed by atoms with Crippen LogP contribution in [-0.4, -0.2) is 63.0 Å². The number of imidazole rings is 1. The Morgan fingerprint density at radius 3 is 2.56 bits per heavy atom. The average molecular weight is 466 g/mol. The molecule has 4 aromatic rings. The van der Waals surface area contributed by atoms with E-state index in [9.17, 15) is 9.59 Å². The molecule has 1 aliphatic rings. The average Bonchev–Trinajstić information content (AvgIpc) is 3.61. The van der Waals surface area contributed by atoms with Gasteiger partial charge in [0.2, 0.25) is 0 Å². The highest BCUT2D eigenvalue weighted by Crippen LogP contribution is 2.23. The molecule has 0 aliphatic carbocycles. The molecule has 11 nitrogen and oxygen atoms in total. The predicted molar refractivity (Wildman–Crippen MR) is 129 cm³/mol. The third kappa shape index (κ3) is 4.25. The summed E-state index contributed by atoms with van der Waals surface area (Å²) in [7, 11) is 1.85. The number of H-pyrrole nitrogens is 1. The summed E-state index contributed by atoms with van der Waals surface area (Å²) in [6.07, 6.45) is 7.11. The Morgan fingerprint density at radius 1 is 1.21 bits per heavy atom. The fourth-order valence-electron chi connectivity index (χ4n) is 4.21. The molecule has 5 heterocycles. The van der Waals surface area contributed by atoms with Gasteiger partial charge in [-0.05, 0) is 46.6 Å². The van der Waals surface area contributed by atoms with Crippen LogP contribution < -0.4 is 5.56 Å². The van der Waals surface area contributed by atoms with Crippen LogP contribution in [-0.2, 0) is 13.6 Å². The highest BCUT2D eigenvalue weighted by atomic mass is 16.2. The fourth-order valence-corrected chi connectivity index (χ4v) is 4.21. The third-order valence-electron chi connectivity index (χ3n) is 6.08. The Labute approximate surface area is 197 Å². The van der Waals surface area contributed by atoms with Gasteiger partial charge in [0.15, 0.2) is 11.2 Å². The summed E-state index contributed by atoms with van der Waals surface area (Å²) >= 11 is 0. The Balaban J connectivity index is 0.000000166. The van der Waals surface area contributed by atoms with Crippen LogP contribution in [0.3, 0.4) is 0 Å². The Hall–Kier alpha value is -3.76. The number of hydrogen-bond donors (Lipinski definition) is 1. The van der Waals surface area contributed by atoms with E-state index < -0.39 is 0 Å². The molecule has 1 amide bonds. The van der Waals surface area contributed by atoms with Crippen LogP contribution in [0.25, 0.3) is 22.6 Å². The van der Waals surface area contributed by atoms with E-state index in [4.69, 9.17) is 0 Å². The number of aromatic nitrogens is 8. The normalized spacial score (nSPS) is 13.5. The maximum Gasteiger partial charge on any atom is 0.278 e. The first-order valence-corrected chi connectivity index (χ1v) is 11.6. The Kier molecular flexibility index (Phi) is 6.62. The number of nitrogens with zero attached hydrogens (tertiary/aromatic N) is 8. The SMILES string of the molecule is CC(C)n1nccc1C(=O)N1CCCC1.CCn1ncc(-c2nc3c(=O)[nH]cnc3n2C)c1C. The van der Waals surface area contributed by atoms with E-state index in [-0.39, 0.29) is 17.5 Å². The number of rotatable bonds is 4. The van der Waals surface area contributed by atoms with Crippen LogP contribution in [0.1, 0.15) is 55.8 Å². The maximum absolute atomic E-state index is 12.1. The quantitative estimate of drug-likeness (QED) is 0.495. The van der Waals surface area contributed by atoms with Crippen molar-refractivity contribution in [2.24, 2.45) is 7.05 Å². The number of nitrogens with one attached hydrogen (secondary N) is 1. The molecule has 180 valence electrons. The summed E-state index contributed by atoms with van der Waals surface area (Å²) in [5, 5.41) is 8.48. The zero-order chi connectivity index (χ0) is 24.4. The summed E-state index contributed by atoms with van der Waals surface area (Å²) in [6.45, 7) is 10.7. The van der Waals surface area contributed by atoms with Crippen molar-refractivity contribution in [3.63, 3.8) is 0 Å². The second kappa shape index (κ2) is 9.62. The van der Waals surface area contributed by atoms with Gasteiger partial charge in [-0.15, -0.1) is 0 Å². The first kappa shape index (κ1) is 23.4. The van der Waals surface area contributed by atoms with Crippen molar-refractivity contribution in [1.29, 1.82) is 0 Å². The number of fused-ring (bicyclic) bond motifs is 1. The minimum absolute atomic E-state index is 0.124. The molecule has 0 spiro atoms. The lowest BCUT2D eigenvalue weighted by Crippen LogP contribution is -2.30. The molecule has 5 rings (SSSR count). The summed E-state index contributed by atoms with van der Waals surface area (Å²) in [5.74, 6) is 0.829. The Morgan fingerprint density at radius 2 is 1.94 bits per heavy atom. The third-order valence-corrected chi connectivity index (χ3v) is 6.08. The van der Waals surface area contributed by atoms with E-state index in [1.165, 1.54) is 6.33 Å². The van der Waals surface area contributed by atoms with Crippen LogP contribution in [0.2, 0.25) is 0 Å². The van der Waals surface area contributed by atoms with E-state index in [1.54, 1.807) is 23.1 Å². The molecule has 11 heteroatoms. The van der Waals surface area contributed by atoms with E-state index >= 15 is 0 Å². The van der Waals surface area contributed by atoms with Crippen molar-refractivity contribution >= 4 is 17.1 Å². The highest BCUT2D eigenvalue weighted by molar-refractivity contribution is 5.92. The summed E-state index contributed by atoms with van der Waals surface area (Å²) in [4.78, 5) is 36.8. The number of carbonyl (C=O) groups excluding carboxylic acids is 1. The summed E-state index contributed by atoms with van der Waals surface area (Å²) in [6, 6.07) is 2.04. The molecule has 0 unspecified atom stereocenters. The molecular formula is C23H31N9O2. The lowest BCUT2D eigenvalue weighted by atomic mass is 10.2. The zero-order valence-electron chi connectivity index (χ0n) is 20.3. The molecule has 1 fully saturated rings. The first-order chi connectivity index (χ1) is 16.3. The smallest absolute Gasteiger partial charge is 0.278 e. The van der Waals surface area contributed by atoms with Gasteiger partial charge in [0, 0.05) is 44.6 Å². The maximum atomic E-state index is 12.1. The van der Waals surface area contributed by atoms with Gasteiger partial charge in [0.25, 0.3) is 11.5 Å².